The molecule has 0 radical (unpaired) electrons. The standard InChI is InChI=1S/C19H16N2O4/c22-17-8-4-3-7-15(17)20-21-16-11-12(9-10-18(16)23)13-5-1-2-6-14(13)19(24)25/h1-11,20-23H,(H,24,25). The number of para-hydroxylation sites is 2. The average Bonchev–Trinajstić information content (AvgIpc) is 2.62. The number of carbonyl (C=O) groups is 1. The largest absolute Gasteiger partial charge is 0.506 e. The summed E-state index contributed by atoms with van der Waals surface area (Å²) in [7, 11) is 0. The van der Waals surface area contributed by atoms with Gasteiger partial charge in [0.15, 0.2) is 0 Å². The van der Waals surface area contributed by atoms with Crippen LogP contribution in [0.2, 0.25) is 0 Å². The number of anilines is 2. The van der Waals surface area contributed by atoms with Crippen LogP contribution in [-0.2, 0) is 0 Å². The molecule has 0 aliphatic rings. The van der Waals surface area contributed by atoms with Gasteiger partial charge >= 0.3 is 5.97 Å². The molecule has 25 heavy (non-hydrogen) atoms. The van der Waals surface area contributed by atoms with Crippen molar-refractivity contribution in [1.29, 1.82) is 0 Å². The smallest absolute Gasteiger partial charge is 0.336 e. The van der Waals surface area contributed by atoms with E-state index < -0.39 is 5.97 Å². The summed E-state index contributed by atoms with van der Waals surface area (Å²) in [6.45, 7) is 0. The van der Waals surface area contributed by atoms with Crippen molar-refractivity contribution >= 4 is 17.3 Å². The average molecular weight is 336 g/mol. The molecule has 0 heterocycles. The van der Waals surface area contributed by atoms with Crippen LogP contribution >= 0.6 is 0 Å². The van der Waals surface area contributed by atoms with E-state index in [0.717, 1.165) is 0 Å². The Balaban J connectivity index is 1.91. The van der Waals surface area contributed by atoms with E-state index in [9.17, 15) is 20.1 Å². The summed E-state index contributed by atoms with van der Waals surface area (Å²) in [4.78, 5) is 11.4. The minimum absolute atomic E-state index is 0.0144. The van der Waals surface area contributed by atoms with Crippen LogP contribution in [0.25, 0.3) is 11.1 Å². The van der Waals surface area contributed by atoms with Crippen molar-refractivity contribution in [1.82, 2.24) is 0 Å². The van der Waals surface area contributed by atoms with Crippen LogP contribution in [0, 0.1) is 0 Å². The fraction of sp³-hybridized carbons (Fsp3) is 0. The summed E-state index contributed by atoms with van der Waals surface area (Å²) in [5.74, 6) is -0.980. The van der Waals surface area contributed by atoms with Crippen molar-refractivity contribution in [2.45, 2.75) is 0 Å². The van der Waals surface area contributed by atoms with Gasteiger partial charge in [0.25, 0.3) is 0 Å². The Labute approximate surface area is 144 Å². The highest BCUT2D eigenvalue weighted by molar-refractivity contribution is 5.96. The number of nitrogens with one attached hydrogen (secondary N) is 2. The Hall–Kier alpha value is -3.67. The van der Waals surface area contributed by atoms with Crippen LogP contribution in [0.4, 0.5) is 11.4 Å². The van der Waals surface area contributed by atoms with Gasteiger partial charge in [0, 0.05) is 0 Å². The number of phenols is 2. The van der Waals surface area contributed by atoms with Gasteiger partial charge in [-0.15, -0.1) is 0 Å². The van der Waals surface area contributed by atoms with Gasteiger partial charge in [0.05, 0.1) is 16.9 Å². The zero-order chi connectivity index (χ0) is 17.8. The van der Waals surface area contributed by atoms with Crippen molar-refractivity contribution in [2.24, 2.45) is 0 Å². The third kappa shape index (κ3) is 3.48. The summed E-state index contributed by atoms with van der Waals surface area (Å²) in [5, 5.41) is 29.1. The molecule has 126 valence electrons. The molecule has 3 rings (SSSR count). The molecule has 0 bridgehead atoms. The van der Waals surface area contributed by atoms with Crippen LogP contribution in [0.3, 0.4) is 0 Å². The lowest BCUT2D eigenvalue weighted by molar-refractivity contribution is 0.0697. The minimum Gasteiger partial charge on any atom is -0.506 e. The maximum Gasteiger partial charge on any atom is 0.336 e. The Morgan fingerprint density at radius 1 is 0.760 bits per heavy atom. The molecule has 0 aliphatic heterocycles. The van der Waals surface area contributed by atoms with Gasteiger partial charge in [-0.1, -0.05) is 36.4 Å². The lowest BCUT2D eigenvalue weighted by Gasteiger charge is -2.14. The van der Waals surface area contributed by atoms with Crippen molar-refractivity contribution in [3.63, 3.8) is 0 Å². The molecule has 0 saturated heterocycles. The van der Waals surface area contributed by atoms with Gasteiger partial charge in [-0.3, -0.25) is 10.9 Å². The number of hydrogen-bond acceptors (Lipinski definition) is 5. The van der Waals surface area contributed by atoms with E-state index in [1.807, 2.05) is 0 Å². The predicted molar refractivity (Wildman–Crippen MR) is 95.9 cm³/mol. The lowest BCUT2D eigenvalue weighted by atomic mass is 9.99. The molecule has 3 aromatic rings. The number of carboxylic acid groups (broad SMARTS) is 1. The lowest BCUT2D eigenvalue weighted by Crippen LogP contribution is -2.09. The van der Waals surface area contributed by atoms with Crippen LogP contribution in [0.15, 0.2) is 66.7 Å². The molecule has 0 spiro atoms. The molecular weight excluding hydrogens is 320 g/mol. The molecule has 6 nitrogen and oxygen atoms in total. The van der Waals surface area contributed by atoms with E-state index in [1.54, 1.807) is 48.5 Å². The zero-order valence-electron chi connectivity index (χ0n) is 13.1. The Kier molecular flexibility index (Phi) is 4.43. The van der Waals surface area contributed by atoms with Gasteiger partial charge in [-0.05, 0) is 41.5 Å². The second-order valence-corrected chi connectivity index (χ2v) is 5.35. The van der Waals surface area contributed by atoms with Crippen LogP contribution in [0.5, 0.6) is 11.5 Å². The van der Waals surface area contributed by atoms with Crippen molar-refractivity contribution < 1.29 is 20.1 Å². The molecule has 0 atom stereocenters. The maximum atomic E-state index is 11.4. The molecule has 0 aromatic heterocycles. The molecule has 0 aliphatic carbocycles. The van der Waals surface area contributed by atoms with E-state index in [4.69, 9.17) is 0 Å². The number of carboxylic acids is 1. The highest BCUT2D eigenvalue weighted by Gasteiger charge is 2.12. The number of benzene rings is 3. The summed E-state index contributed by atoms with van der Waals surface area (Å²) in [5.41, 5.74) is 7.77. The highest BCUT2D eigenvalue weighted by atomic mass is 16.4. The number of rotatable bonds is 5. The Morgan fingerprint density at radius 3 is 2.16 bits per heavy atom. The number of hydrogen-bond donors (Lipinski definition) is 5. The molecule has 0 fully saturated rings. The zero-order valence-corrected chi connectivity index (χ0v) is 13.1. The summed E-state index contributed by atoms with van der Waals surface area (Å²) >= 11 is 0. The first-order chi connectivity index (χ1) is 12.1. The van der Waals surface area contributed by atoms with Crippen LogP contribution in [0.1, 0.15) is 10.4 Å². The van der Waals surface area contributed by atoms with E-state index in [0.29, 0.717) is 22.5 Å². The summed E-state index contributed by atoms with van der Waals surface area (Å²) in [6.07, 6.45) is 0. The van der Waals surface area contributed by atoms with Crippen LogP contribution < -0.4 is 10.9 Å². The minimum atomic E-state index is -1.02. The number of phenolic OH excluding ortho intramolecular Hbond substituents is 2. The summed E-state index contributed by atoms with van der Waals surface area (Å²) in [6, 6.07) is 18.0. The maximum absolute atomic E-state index is 11.4. The normalized spacial score (nSPS) is 10.2. The first-order valence-electron chi connectivity index (χ1n) is 7.52. The molecule has 3 aromatic carbocycles. The molecular formula is C19H16N2O4. The van der Waals surface area contributed by atoms with E-state index in [2.05, 4.69) is 10.9 Å². The van der Waals surface area contributed by atoms with Gasteiger partial charge in [0.1, 0.15) is 11.5 Å². The van der Waals surface area contributed by atoms with Gasteiger partial charge in [-0.25, -0.2) is 4.79 Å². The van der Waals surface area contributed by atoms with Gasteiger partial charge in [-0.2, -0.15) is 0 Å². The second kappa shape index (κ2) is 6.84. The molecule has 0 unspecified atom stereocenters. The molecule has 0 saturated carbocycles. The van der Waals surface area contributed by atoms with Gasteiger partial charge < -0.3 is 15.3 Å². The second-order valence-electron chi connectivity index (χ2n) is 5.35. The Morgan fingerprint density at radius 2 is 1.40 bits per heavy atom. The first-order valence-corrected chi connectivity index (χ1v) is 7.52. The third-order valence-corrected chi connectivity index (χ3v) is 3.70. The van der Waals surface area contributed by atoms with Gasteiger partial charge in [0.2, 0.25) is 0 Å². The molecule has 0 amide bonds. The highest BCUT2D eigenvalue weighted by Crippen LogP contribution is 2.32. The predicted octanol–water partition coefficient (Wildman–Crippen LogP) is 3.90. The molecule has 6 heteroatoms. The SMILES string of the molecule is O=C(O)c1ccccc1-c1ccc(O)c(NNc2ccccc2O)c1. The van der Waals surface area contributed by atoms with E-state index in [1.165, 1.54) is 18.2 Å². The van der Waals surface area contributed by atoms with Crippen molar-refractivity contribution in [3.8, 4) is 22.6 Å². The Bertz CT molecular complexity index is 925. The topological polar surface area (TPSA) is 102 Å². The van der Waals surface area contributed by atoms with E-state index in [-0.39, 0.29) is 17.1 Å². The third-order valence-electron chi connectivity index (χ3n) is 3.70. The number of aromatic carboxylic acids is 1. The number of aromatic hydroxyl groups is 2. The fourth-order valence-corrected chi connectivity index (χ4v) is 2.44. The van der Waals surface area contributed by atoms with Crippen molar-refractivity contribution in [2.75, 3.05) is 10.9 Å². The monoisotopic (exact) mass is 336 g/mol. The number of hydrazine groups is 1. The quantitative estimate of drug-likeness (QED) is 0.358. The van der Waals surface area contributed by atoms with E-state index >= 15 is 0 Å². The fourth-order valence-electron chi connectivity index (χ4n) is 2.44. The first kappa shape index (κ1) is 16.2. The molecule has 5 N–H and O–H groups in total. The summed E-state index contributed by atoms with van der Waals surface area (Å²) < 4.78 is 0. The van der Waals surface area contributed by atoms with Crippen LogP contribution in [-0.4, -0.2) is 21.3 Å². The van der Waals surface area contributed by atoms with Crippen molar-refractivity contribution in [3.05, 3.63) is 72.3 Å².